The molecule has 2 aliphatic rings. The van der Waals surface area contributed by atoms with Crippen molar-refractivity contribution in [3.8, 4) is 17.2 Å². The van der Waals surface area contributed by atoms with Crippen LogP contribution in [-0.2, 0) is 5.54 Å². The summed E-state index contributed by atoms with van der Waals surface area (Å²) in [5, 5.41) is 10.1. The average molecular weight is 286 g/mol. The van der Waals surface area contributed by atoms with Gasteiger partial charge in [0, 0.05) is 11.1 Å². The highest BCUT2D eigenvalue weighted by molar-refractivity contribution is 9.10. The van der Waals surface area contributed by atoms with Gasteiger partial charge in [-0.3, -0.25) is 0 Å². The lowest BCUT2D eigenvalue weighted by molar-refractivity contribution is 0.169. The molecule has 16 heavy (non-hydrogen) atoms. The molecule has 0 unspecified atom stereocenters. The molecule has 0 atom stereocenters. The Hall–Kier alpha value is -0.940. The third-order valence-electron chi connectivity index (χ3n) is 3.07. The van der Waals surface area contributed by atoms with E-state index in [0.717, 1.165) is 18.4 Å². The van der Waals surface area contributed by atoms with Crippen LogP contribution in [0.3, 0.4) is 0 Å². The van der Waals surface area contributed by atoms with Gasteiger partial charge in [-0.15, -0.1) is 0 Å². The number of hydrogen-bond donors (Lipinski definition) is 2. The first-order chi connectivity index (χ1) is 7.62. The highest BCUT2D eigenvalue weighted by Gasteiger charge is 2.43. The van der Waals surface area contributed by atoms with Crippen molar-refractivity contribution >= 4 is 15.9 Å². The minimum Gasteiger partial charge on any atom is -0.506 e. The first-order valence-electron chi connectivity index (χ1n) is 5.22. The van der Waals surface area contributed by atoms with Crippen LogP contribution in [0.2, 0.25) is 0 Å². The van der Waals surface area contributed by atoms with Gasteiger partial charge in [0.1, 0.15) is 23.4 Å². The van der Waals surface area contributed by atoms with Gasteiger partial charge in [0.2, 0.25) is 0 Å². The summed E-state index contributed by atoms with van der Waals surface area (Å²) in [5.74, 6) is 1.39. The van der Waals surface area contributed by atoms with Gasteiger partial charge in [0.05, 0.1) is 0 Å². The molecule has 1 fully saturated rings. The van der Waals surface area contributed by atoms with Gasteiger partial charge in [-0.25, -0.2) is 0 Å². The standard InChI is InChI=1S/C11H12BrNO3/c12-8-9(14)6(11(13)1-2-11)5-7-10(8)16-4-3-15-7/h5,14H,1-4,13H2. The number of benzene rings is 1. The Morgan fingerprint density at radius 1 is 1.31 bits per heavy atom. The summed E-state index contributed by atoms with van der Waals surface area (Å²) in [6, 6.07) is 1.79. The van der Waals surface area contributed by atoms with E-state index in [4.69, 9.17) is 15.2 Å². The fraction of sp³-hybridized carbons (Fsp3) is 0.455. The predicted molar refractivity (Wildman–Crippen MR) is 61.9 cm³/mol. The number of hydrogen-bond acceptors (Lipinski definition) is 4. The van der Waals surface area contributed by atoms with E-state index in [2.05, 4.69) is 15.9 Å². The first-order valence-corrected chi connectivity index (χ1v) is 6.01. The molecule has 1 saturated carbocycles. The fourth-order valence-electron chi connectivity index (χ4n) is 1.92. The molecule has 86 valence electrons. The van der Waals surface area contributed by atoms with Crippen LogP contribution >= 0.6 is 15.9 Å². The normalized spacial score (nSPS) is 20.6. The van der Waals surface area contributed by atoms with Gasteiger partial charge >= 0.3 is 0 Å². The molecular weight excluding hydrogens is 274 g/mol. The molecule has 0 radical (unpaired) electrons. The summed E-state index contributed by atoms with van der Waals surface area (Å²) < 4.78 is 11.5. The van der Waals surface area contributed by atoms with Gasteiger partial charge in [0.25, 0.3) is 0 Å². The van der Waals surface area contributed by atoms with Crippen molar-refractivity contribution in [3.05, 3.63) is 16.1 Å². The summed E-state index contributed by atoms with van der Waals surface area (Å²) in [7, 11) is 0. The van der Waals surface area contributed by atoms with Gasteiger partial charge in [-0.2, -0.15) is 0 Å². The third-order valence-corrected chi connectivity index (χ3v) is 3.81. The van der Waals surface area contributed by atoms with Gasteiger partial charge < -0.3 is 20.3 Å². The maximum atomic E-state index is 10.1. The molecule has 1 aromatic carbocycles. The van der Waals surface area contributed by atoms with Crippen LogP contribution in [0.15, 0.2) is 10.5 Å². The average Bonchev–Trinajstić information content (AvgIpc) is 3.03. The SMILES string of the molecule is NC1(c2cc3c(c(Br)c2O)OCCO3)CC1. The molecule has 4 nitrogen and oxygen atoms in total. The van der Waals surface area contributed by atoms with Crippen LogP contribution in [0.4, 0.5) is 0 Å². The third kappa shape index (κ3) is 1.38. The zero-order valence-electron chi connectivity index (χ0n) is 8.62. The monoisotopic (exact) mass is 285 g/mol. The molecular formula is C11H12BrNO3. The summed E-state index contributed by atoms with van der Waals surface area (Å²) in [6.45, 7) is 1.03. The number of phenols is 1. The fourth-order valence-corrected chi connectivity index (χ4v) is 2.44. The lowest BCUT2D eigenvalue weighted by Gasteiger charge is -2.23. The molecule has 0 amide bonds. The summed E-state index contributed by atoms with van der Waals surface area (Å²) in [5.41, 5.74) is 6.45. The van der Waals surface area contributed by atoms with Gasteiger partial charge in [0.15, 0.2) is 11.5 Å². The topological polar surface area (TPSA) is 64.7 Å². The Kier molecular flexibility index (Phi) is 2.09. The van der Waals surface area contributed by atoms with Crippen molar-refractivity contribution in [1.29, 1.82) is 0 Å². The number of aromatic hydroxyl groups is 1. The summed E-state index contributed by atoms with van der Waals surface area (Å²) in [4.78, 5) is 0. The van der Waals surface area contributed by atoms with E-state index in [-0.39, 0.29) is 11.3 Å². The van der Waals surface area contributed by atoms with E-state index in [1.165, 1.54) is 0 Å². The van der Waals surface area contributed by atoms with Crippen molar-refractivity contribution in [1.82, 2.24) is 0 Å². The van der Waals surface area contributed by atoms with Crippen LogP contribution in [0, 0.1) is 0 Å². The number of phenolic OH excluding ortho intramolecular Hbond substituents is 1. The summed E-state index contributed by atoms with van der Waals surface area (Å²) in [6.07, 6.45) is 1.79. The van der Waals surface area contributed by atoms with E-state index in [1.807, 2.05) is 0 Å². The molecule has 1 aliphatic carbocycles. The molecule has 0 saturated heterocycles. The van der Waals surface area contributed by atoms with Crippen molar-refractivity contribution in [2.45, 2.75) is 18.4 Å². The van der Waals surface area contributed by atoms with E-state index in [1.54, 1.807) is 6.07 Å². The van der Waals surface area contributed by atoms with Crippen molar-refractivity contribution in [2.75, 3.05) is 13.2 Å². The van der Waals surface area contributed by atoms with Crippen LogP contribution in [0.1, 0.15) is 18.4 Å². The zero-order chi connectivity index (χ0) is 11.3. The number of fused-ring (bicyclic) bond motifs is 1. The summed E-state index contributed by atoms with van der Waals surface area (Å²) >= 11 is 3.33. The van der Waals surface area contributed by atoms with Crippen molar-refractivity contribution < 1.29 is 14.6 Å². The maximum absolute atomic E-state index is 10.1. The van der Waals surface area contributed by atoms with Crippen LogP contribution in [-0.4, -0.2) is 18.3 Å². The van der Waals surface area contributed by atoms with E-state index in [0.29, 0.717) is 29.2 Å². The van der Waals surface area contributed by atoms with Crippen molar-refractivity contribution in [2.24, 2.45) is 5.73 Å². The zero-order valence-corrected chi connectivity index (χ0v) is 10.2. The lowest BCUT2D eigenvalue weighted by Crippen LogP contribution is -2.21. The Labute approximate surface area is 101 Å². The molecule has 0 spiro atoms. The quantitative estimate of drug-likeness (QED) is 0.827. The molecule has 1 aromatic rings. The highest BCUT2D eigenvalue weighted by Crippen LogP contribution is 2.53. The number of rotatable bonds is 1. The smallest absolute Gasteiger partial charge is 0.179 e. The van der Waals surface area contributed by atoms with Crippen molar-refractivity contribution in [3.63, 3.8) is 0 Å². The Morgan fingerprint density at radius 2 is 2.00 bits per heavy atom. The molecule has 1 heterocycles. The first kappa shape index (κ1) is 10.2. The number of nitrogens with two attached hydrogens (primary N) is 1. The minimum absolute atomic E-state index is 0.171. The van der Waals surface area contributed by atoms with Crippen LogP contribution in [0.25, 0.3) is 0 Å². The van der Waals surface area contributed by atoms with Gasteiger partial charge in [-0.05, 0) is 34.8 Å². The minimum atomic E-state index is -0.386. The molecule has 5 heteroatoms. The molecule has 1 aliphatic heterocycles. The largest absolute Gasteiger partial charge is 0.506 e. The lowest BCUT2D eigenvalue weighted by atomic mass is 10.0. The molecule has 0 aromatic heterocycles. The maximum Gasteiger partial charge on any atom is 0.179 e. The highest BCUT2D eigenvalue weighted by atomic mass is 79.9. The van der Waals surface area contributed by atoms with Gasteiger partial charge in [-0.1, -0.05) is 0 Å². The second-order valence-electron chi connectivity index (χ2n) is 4.27. The van der Waals surface area contributed by atoms with Crippen LogP contribution in [0.5, 0.6) is 17.2 Å². The number of ether oxygens (including phenoxy) is 2. The Bertz CT molecular complexity index is 457. The Balaban J connectivity index is 2.17. The van der Waals surface area contributed by atoms with Crippen LogP contribution < -0.4 is 15.2 Å². The molecule has 0 bridgehead atoms. The predicted octanol–water partition coefficient (Wildman–Crippen LogP) is 1.87. The second-order valence-corrected chi connectivity index (χ2v) is 5.06. The van der Waals surface area contributed by atoms with E-state index < -0.39 is 0 Å². The molecule has 3 N–H and O–H groups in total. The Morgan fingerprint density at radius 3 is 2.69 bits per heavy atom. The molecule has 3 rings (SSSR count). The van der Waals surface area contributed by atoms with E-state index in [9.17, 15) is 5.11 Å². The van der Waals surface area contributed by atoms with E-state index >= 15 is 0 Å². The second kappa shape index (κ2) is 3.28. The number of halogens is 1.